The van der Waals surface area contributed by atoms with E-state index in [-0.39, 0.29) is 11.3 Å². The number of carbonyl (C=O) groups is 1. The number of hydrogen-bond donors (Lipinski definition) is 0. The van der Waals surface area contributed by atoms with Crippen LogP contribution >= 0.6 is 0 Å². The van der Waals surface area contributed by atoms with Crippen molar-refractivity contribution in [3.05, 3.63) is 35.4 Å². The molecule has 0 N–H and O–H groups in total. The molecular formula is C19H28O. The molecule has 0 bridgehead atoms. The lowest BCUT2D eigenvalue weighted by molar-refractivity contribution is -0.121. The molecule has 2 atom stereocenters. The molecule has 1 saturated carbocycles. The highest BCUT2D eigenvalue weighted by Crippen LogP contribution is 2.37. The van der Waals surface area contributed by atoms with Gasteiger partial charge in [-0.15, -0.1) is 0 Å². The summed E-state index contributed by atoms with van der Waals surface area (Å²) in [6.07, 6.45) is 5.98. The van der Waals surface area contributed by atoms with Crippen LogP contribution < -0.4 is 0 Å². The molecule has 2 rings (SSSR count). The highest BCUT2D eigenvalue weighted by atomic mass is 16.1. The monoisotopic (exact) mass is 272 g/mol. The SMILES string of the molecule is CC(=O)C1CCCCCC1c1ccc(C(C)(C)C)cc1. The molecule has 0 saturated heterocycles. The van der Waals surface area contributed by atoms with Crippen molar-refractivity contribution in [3.8, 4) is 0 Å². The van der Waals surface area contributed by atoms with Crippen molar-refractivity contribution in [2.75, 3.05) is 0 Å². The molecule has 0 spiro atoms. The molecule has 0 aromatic heterocycles. The van der Waals surface area contributed by atoms with E-state index in [1.54, 1.807) is 6.92 Å². The summed E-state index contributed by atoms with van der Waals surface area (Å²) in [4.78, 5) is 12.0. The van der Waals surface area contributed by atoms with Gasteiger partial charge < -0.3 is 0 Å². The minimum Gasteiger partial charge on any atom is -0.300 e. The van der Waals surface area contributed by atoms with Gasteiger partial charge in [0.2, 0.25) is 0 Å². The average molecular weight is 272 g/mol. The van der Waals surface area contributed by atoms with Crippen LogP contribution in [0, 0.1) is 5.92 Å². The van der Waals surface area contributed by atoms with Gasteiger partial charge in [-0.25, -0.2) is 0 Å². The number of Topliss-reactive ketones (excluding diaryl/α,β-unsaturated/α-hetero) is 1. The second-order valence-corrected chi connectivity index (χ2v) is 7.33. The van der Waals surface area contributed by atoms with Crippen molar-refractivity contribution >= 4 is 5.78 Å². The molecule has 20 heavy (non-hydrogen) atoms. The first kappa shape index (κ1) is 15.3. The summed E-state index contributed by atoms with van der Waals surface area (Å²) in [5.74, 6) is 1.04. The standard InChI is InChI=1S/C19H28O/c1-14(20)17-8-6-5-7-9-18(17)15-10-12-16(13-11-15)19(2,3)4/h10-13,17-18H,5-9H2,1-4H3. The maximum atomic E-state index is 12.0. The summed E-state index contributed by atoms with van der Waals surface area (Å²) in [5.41, 5.74) is 2.93. The Kier molecular flexibility index (Phi) is 4.67. The highest BCUT2D eigenvalue weighted by Gasteiger charge is 2.28. The molecule has 2 unspecified atom stereocenters. The van der Waals surface area contributed by atoms with E-state index in [4.69, 9.17) is 0 Å². The predicted octanol–water partition coefficient (Wildman–Crippen LogP) is 5.24. The van der Waals surface area contributed by atoms with Crippen LogP contribution in [0.5, 0.6) is 0 Å². The third kappa shape index (κ3) is 3.50. The zero-order valence-corrected chi connectivity index (χ0v) is 13.4. The normalized spacial score (nSPS) is 24.2. The van der Waals surface area contributed by atoms with Crippen molar-refractivity contribution < 1.29 is 4.79 Å². The van der Waals surface area contributed by atoms with Crippen molar-refractivity contribution in [1.82, 2.24) is 0 Å². The largest absolute Gasteiger partial charge is 0.300 e. The number of hydrogen-bond acceptors (Lipinski definition) is 1. The fourth-order valence-corrected chi connectivity index (χ4v) is 3.42. The van der Waals surface area contributed by atoms with Gasteiger partial charge in [-0.05, 0) is 42.2 Å². The molecule has 0 amide bonds. The minimum absolute atomic E-state index is 0.196. The molecule has 1 fully saturated rings. The first-order valence-corrected chi connectivity index (χ1v) is 8.00. The first-order chi connectivity index (χ1) is 9.39. The predicted molar refractivity (Wildman–Crippen MR) is 85.1 cm³/mol. The zero-order valence-electron chi connectivity index (χ0n) is 13.4. The molecule has 1 nitrogen and oxygen atoms in total. The van der Waals surface area contributed by atoms with Crippen LogP contribution in [0.3, 0.4) is 0 Å². The molecule has 0 radical (unpaired) electrons. The van der Waals surface area contributed by atoms with Crippen molar-refractivity contribution in [1.29, 1.82) is 0 Å². The third-order valence-corrected chi connectivity index (χ3v) is 4.74. The minimum atomic E-state index is 0.196. The van der Waals surface area contributed by atoms with Crippen LogP contribution in [0.4, 0.5) is 0 Å². The van der Waals surface area contributed by atoms with E-state index in [9.17, 15) is 4.79 Å². The second-order valence-electron chi connectivity index (χ2n) is 7.33. The summed E-state index contributed by atoms with van der Waals surface area (Å²) < 4.78 is 0. The van der Waals surface area contributed by atoms with Gasteiger partial charge in [0.15, 0.2) is 0 Å². The quantitative estimate of drug-likeness (QED) is 0.673. The lowest BCUT2D eigenvalue weighted by Gasteiger charge is -2.25. The Morgan fingerprint density at radius 1 is 1.00 bits per heavy atom. The highest BCUT2D eigenvalue weighted by molar-refractivity contribution is 5.79. The Bertz CT molecular complexity index is 450. The maximum Gasteiger partial charge on any atom is 0.133 e. The topological polar surface area (TPSA) is 17.1 Å². The summed E-state index contributed by atoms with van der Waals surface area (Å²) >= 11 is 0. The Hall–Kier alpha value is -1.11. The van der Waals surface area contributed by atoms with Crippen molar-refractivity contribution in [2.24, 2.45) is 5.92 Å². The van der Waals surface area contributed by atoms with Crippen molar-refractivity contribution in [2.45, 2.75) is 71.1 Å². The van der Waals surface area contributed by atoms with Crippen LogP contribution in [0.2, 0.25) is 0 Å². The third-order valence-electron chi connectivity index (χ3n) is 4.74. The number of carbonyl (C=O) groups excluding carboxylic acids is 1. The first-order valence-electron chi connectivity index (χ1n) is 8.00. The van der Waals surface area contributed by atoms with E-state index in [0.29, 0.717) is 11.7 Å². The second kappa shape index (κ2) is 6.11. The summed E-state index contributed by atoms with van der Waals surface area (Å²) in [6.45, 7) is 8.50. The fourth-order valence-electron chi connectivity index (χ4n) is 3.42. The van der Waals surface area contributed by atoms with Crippen LogP contribution in [0.25, 0.3) is 0 Å². The van der Waals surface area contributed by atoms with E-state index >= 15 is 0 Å². The van der Waals surface area contributed by atoms with Gasteiger partial charge in [-0.1, -0.05) is 64.3 Å². The average Bonchev–Trinajstić information content (AvgIpc) is 2.63. The van der Waals surface area contributed by atoms with Crippen LogP contribution in [0.15, 0.2) is 24.3 Å². The molecular weight excluding hydrogens is 244 g/mol. The van der Waals surface area contributed by atoms with Gasteiger partial charge in [-0.2, -0.15) is 0 Å². The molecule has 1 aliphatic rings. The van der Waals surface area contributed by atoms with E-state index < -0.39 is 0 Å². The summed E-state index contributed by atoms with van der Waals surface area (Å²) in [6, 6.07) is 9.01. The van der Waals surface area contributed by atoms with Gasteiger partial charge in [0, 0.05) is 5.92 Å². The van der Waals surface area contributed by atoms with E-state index in [0.717, 1.165) is 6.42 Å². The molecule has 1 aliphatic carbocycles. The van der Waals surface area contributed by atoms with Crippen LogP contribution in [-0.4, -0.2) is 5.78 Å². The summed E-state index contributed by atoms with van der Waals surface area (Å²) in [7, 11) is 0. The van der Waals surface area contributed by atoms with Gasteiger partial charge in [0.25, 0.3) is 0 Å². The lowest BCUT2D eigenvalue weighted by atomic mass is 9.79. The number of ketones is 1. The summed E-state index contributed by atoms with van der Waals surface area (Å²) in [5, 5.41) is 0. The zero-order chi connectivity index (χ0) is 14.8. The van der Waals surface area contributed by atoms with Gasteiger partial charge in [0.05, 0.1) is 0 Å². The van der Waals surface area contributed by atoms with Gasteiger partial charge >= 0.3 is 0 Å². The smallest absolute Gasteiger partial charge is 0.133 e. The molecule has 1 aromatic rings. The number of benzene rings is 1. The fraction of sp³-hybridized carbons (Fsp3) is 0.632. The molecule has 1 aromatic carbocycles. The van der Waals surface area contributed by atoms with Gasteiger partial charge in [-0.3, -0.25) is 4.79 Å². The maximum absolute atomic E-state index is 12.0. The Morgan fingerprint density at radius 3 is 2.15 bits per heavy atom. The van der Waals surface area contributed by atoms with Crippen LogP contribution in [0.1, 0.15) is 76.8 Å². The number of rotatable bonds is 2. The van der Waals surface area contributed by atoms with E-state index in [1.807, 2.05) is 0 Å². The molecule has 110 valence electrons. The van der Waals surface area contributed by atoms with E-state index in [1.165, 1.54) is 36.8 Å². The Labute approximate surface area is 123 Å². The van der Waals surface area contributed by atoms with Crippen molar-refractivity contribution in [3.63, 3.8) is 0 Å². The lowest BCUT2D eigenvalue weighted by Crippen LogP contribution is -2.19. The van der Waals surface area contributed by atoms with Gasteiger partial charge in [0.1, 0.15) is 5.78 Å². The van der Waals surface area contributed by atoms with Crippen LogP contribution in [-0.2, 0) is 10.2 Å². The molecule has 1 heteroatoms. The Morgan fingerprint density at radius 2 is 1.60 bits per heavy atom. The van der Waals surface area contributed by atoms with E-state index in [2.05, 4.69) is 45.0 Å². The molecule has 0 heterocycles. The Balaban J connectivity index is 2.25. The molecule has 0 aliphatic heterocycles.